The molecule has 0 aliphatic heterocycles. The van der Waals surface area contributed by atoms with Gasteiger partial charge >= 0.3 is 0 Å². The highest BCUT2D eigenvalue weighted by molar-refractivity contribution is 14.0. The predicted molar refractivity (Wildman–Crippen MR) is 94.5 cm³/mol. The molecule has 0 bridgehead atoms. The smallest absolute Gasteiger partial charge is 0.191 e. The molecule has 0 spiro atoms. The molecule has 1 atom stereocenters. The van der Waals surface area contributed by atoms with Gasteiger partial charge in [0, 0.05) is 32.2 Å². The number of hydrogen-bond donors (Lipinski definition) is 2. The van der Waals surface area contributed by atoms with Crippen LogP contribution < -0.4 is 10.6 Å². The molecule has 1 unspecified atom stereocenters. The summed E-state index contributed by atoms with van der Waals surface area (Å²) < 4.78 is 0. The van der Waals surface area contributed by atoms with Crippen molar-refractivity contribution < 1.29 is 0 Å². The van der Waals surface area contributed by atoms with Crippen molar-refractivity contribution in [1.29, 1.82) is 0 Å². The standard InChI is InChI=1S/C14H30N4.HI/c1-11(2)8-9-16-14(15-4)17-10-12(3)18(5)13-6-7-13;/h11-13H,6-10H2,1-5H3,(H2,15,16,17);1H. The second-order valence-electron chi connectivity index (χ2n) is 5.81. The quantitative estimate of drug-likeness (QED) is 0.403. The van der Waals surface area contributed by atoms with Crippen LogP contribution in [0.1, 0.15) is 40.0 Å². The highest BCUT2D eigenvalue weighted by atomic mass is 127. The first-order valence-electron chi connectivity index (χ1n) is 7.21. The van der Waals surface area contributed by atoms with Gasteiger partial charge in [-0.15, -0.1) is 24.0 Å². The molecule has 5 heteroatoms. The molecule has 4 nitrogen and oxygen atoms in total. The summed E-state index contributed by atoms with van der Waals surface area (Å²) in [6, 6.07) is 1.37. The molecule has 0 radical (unpaired) electrons. The number of rotatable bonds is 7. The Kier molecular flexibility index (Phi) is 9.78. The van der Waals surface area contributed by atoms with E-state index in [2.05, 4.69) is 48.3 Å². The first-order valence-corrected chi connectivity index (χ1v) is 7.21. The summed E-state index contributed by atoms with van der Waals surface area (Å²) in [6.45, 7) is 8.69. The Hall–Kier alpha value is -0.0400. The highest BCUT2D eigenvalue weighted by Crippen LogP contribution is 2.26. The molecule has 114 valence electrons. The Morgan fingerprint density at radius 2 is 1.89 bits per heavy atom. The fourth-order valence-electron chi connectivity index (χ4n) is 1.93. The van der Waals surface area contributed by atoms with Gasteiger partial charge in [-0.1, -0.05) is 13.8 Å². The Balaban J connectivity index is 0.00000324. The molecular formula is C14H31IN4. The monoisotopic (exact) mass is 382 g/mol. The van der Waals surface area contributed by atoms with Gasteiger partial charge in [-0.2, -0.15) is 0 Å². The van der Waals surface area contributed by atoms with Crippen LogP contribution in [0.2, 0.25) is 0 Å². The van der Waals surface area contributed by atoms with E-state index in [-0.39, 0.29) is 24.0 Å². The Bertz CT molecular complexity index is 264. The Morgan fingerprint density at radius 1 is 1.26 bits per heavy atom. The minimum Gasteiger partial charge on any atom is -0.356 e. The van der Waals surface area contributed by atoms with Crippen LogP contribution in [0.25, 0.3) is 0 Å². The van der Waals surface area contributed by atoms with Crippen LogP contribution in [0, 0.1) is 5.92 Å². The van der Waals surface area contributed by atoms with Gasteiger partial charge in [-0.05, 0) is 39.2 Å². The second kappa shape index (κ2) is 9.80. The Morgan fingerprint density at radius 3 is 2.37 bits per heavy atom. The molecule has 0 aromatic heterocycles. The van der Waals surface area contributed by atoms with E-state index >= 15 is 0 Å². The molecular weight excluding hydrogens is 351 g/mol. The van der Waals surface area contributed by atoms with Crippen molar-refractivity contribution in [2.24, 2.45) is 10.9 Å². The largest absolute Gasteiger partial charge is 0.356 e. The fourth-order valence-corrected chi connectivity index (χ4v) is 1.93. The van der Waals surface area contributed by atoms with Crippen LogP contribution in [0.5, 0.6) is 0 Å². The molecule has 1 saturated carbocycles. The van der Waals surface area contributed by atoms with E-state index in [9.17, 15) is 0 Å². The molecule has 0 saturated heterocycles. The molecule has 1 rings (SSSR count). The molecule has 1 aliphatic rings. The summed E-state index contributed by atoms with van der Waals surface area (Å²) in [5, 5.41) is 6.76. The van der Waals surface area contributed by atoms with Gasteiger partial charge in [0.05, 0.1) is 0 Å². The van der Waals surface area contributed by atoms with Gasteiger partial charge in [-0.3, -0.25) is 9.89 Å². The van der Waals surface area contributed by atoms with Crippen molar-refractivity contribution in [3.63, 3.8) is 0 Å². The first-order chi connectivity index (χ1) is 8.54. The molecule has 1 fully saturated rings. The summed E-state index contributed by atoms with van der Waals surface area (Å²) in [7, 11) is 4.05. The zero-order valence-corrected chi connectivity index (χ0v) is 15.4. The molecule has 0 aromatic carbocycles. The summed E-state index contributed by atoms with van der Waals surface area (Å²) in [4.78, 5) is 6.72. The predicted octanol–water partition coefficient (Wildman–Crippen LogP) is 2.30. The average Bonchev–Trinajstić information content (AvgIpc) is 3.15. The number of likely N-dealkylation sites (N-methyl/N-ethyl adjacent to an activating group) is 1. The summed E-state index contributed by atoms with van der Waals surface area (Å²) >= 11 is 0. The number of hydrogen-bond acceptors (Lipinski definition) is 2. The van der Waals surface area contributed by atoms with E-state index in [0.717, 1.165) is 31.0 Å². The zero-order valence-electron chi connectivity index (χ0n) is 13.1. The third kappa shape index (κ3) is 7.97. The van der Waals surface area contributed by atoms with E-state index in [1.54, 1.807) is 0 Å². The van der Waals surface area contributed by atoms with E-state index in [0.29, 0.717) is 6.04 Å². The maximum Gasteiger partial charge on any atom is 0.191 e. The van der Waals surface area contributed by atoms with Gasteiger partial charge in [-0.25, -0.2) is 0 Å². The normalized spacial score (nSPS) is 17.3. The van der Waals surface area contributed by atoms with Crippen LogP contribution in [0.4, 0.5) is 0 Å². The lowest BCUT2D eigenvalue weighted by Gasteiger charge is -2.25. The average molecular weight is 382 g/mol. The maximum atomic E-state index is 4.25. The van der Waals surface area contributed by atoms with Crippen LogP contribution in [0.15, 0.2) is 4.99 Å². The molecule has 19 heavy (non-hydrogen) atoms. The minimum atomic E-state index is 0. The molecule has 0 aromatic rings. The summed E-state index contributed by atoms with van der Waals surface area (Å²) in [6.07, 6.45) is 3.91. The summed E-state index contributed by atoms with van der Waals surface area (Å²) in [5.41, 5.74) is 0. The first kappa shape index (κ1) is 19.0. The summed E-state index contributed by atoms with van der Waals surface area (Å²) in [5.74, 6) is 1.65. The molecule has 1 aliphatic carbocycles. The van der Waals surface area contributed by atoms with E-state index < -0.39 is 0 Å². The zero-order chi connectivity index (χ0) is 13.5. The highest BCUT2D eigenvalue weighted by Gasteiger charge is 2.28. The SMILES string of the molecule is CN=C(NCCC(C)C)NCC(C)N(C)C1CC1.I. The topological polar surface area (TPSA) is 39.7 Å². The van der Waals surface area contributed by atoms with Crippen molar-refractivity contribution in [2.45, 2.75) is 52.1 Å². The fraction of sp³-hybridized carbons (Fsp3) is 0.929. The van der Waals surface area contributed by atoms with Gasteiger partial charge in [0.2, 0.25) is 0 Å². The number of nitrogens with zero attached hydrogens (tertiary/aromatic N) is 2. The van der Waals surface area contributed by atoms with Crippen molar-refractivity contribution in [3.05, 3.63) is 0 Å². The third-order valence-electron chi connectivity index (χ3n) is 3.62. The third-order valence-corrected chi connectivity index (χ3v) is 3.62. The van der Waals surface area contributed by atoms with Crippen molar-refractivity contribution in [3.8, 4) is 0 Å². The van der Waals surface area contributed by atoms with Gasteiger partial charge < -0.3 is 10.6 Å². The number of guanidine groups is 1. The number of halogens is 1. The van der Waals surface area contributed by atoms with E-state index in [1.807, 2.05) is 7.05 Å². The lowest BCUT2D eigenvalue weighted by molar-refractivity contribution is 0.247. The van der Waals surface area contributed by atoms with Crippen LogP contribution in [-0.4, -0.2) is 50.1 Å². The molecule has 0 heterocycles. The van der Waals surface area contributed by atoms with Gasteiger partial charge in [0.1, 0.15) is 0 Å². The lowest BCUT2D eigenvalue weighted by Crippen LogP contribution is -2.45. The Labute approximate surface area is 135 Å². The van der Waals surface area contributed by atoms with Crippen molar-refractivity contribution in [1.82, 2.24) is 15.5 Å². The number of aliphatic imine (C=N–C) groups is 1. The van der Waals surface area contributed by atoms with Crippen molar-refractivity contribution in [2.75, 3.05) is 27.2 Å². The van der Waals surface area contributed by atoms with Gasteiger partial charge in [0.15, 0.2) is 5.96 Å². The van der Waals surface area contributed by atoms with Crippen molar-refractivity contribution >= 4 is 29.9 Å². The van der Waals surface area contributed by atoms with Crippen LogP contribution in [0.3, 0.4) is 0 Å². The van der Waals surface area contributed by atoms with E-state index in [4.69, 9.17) is 0 Å². The van der Waals surface area contributed by atoms with Gasteiger partial charge in [0.25, 0.3) is 0 Å². The molecule has 0 amide bonds. The van der Waals surface area contributed by atoms with Crippen LogP contribution >= 0.6 is 24.0 Å². The lowest BCUT2D eigenvalue weighted by atomic mass is 10.1. The minimum absolute atomic E-state index is 0. The molecule has 2 N–H and O–H groups in total. The van der Waals surface area contributed by atoms with Crippen LogP contribution in [-0.2, 0) is 0 Å². The van der Waals surface area contributed by atoms with E-state index in [1.165, 1.54) is 19.3 Å². The maximum absolute atomic E-state index is 4.25. The number of nitrogens with one attached hydrogen (secondary N) is 2. The second-order valence-corrected chi connectivity index (χ2v) is 5.81.